The standard InChI is InChI=1S/C16H31NO/c1-13(2)11-17-12-16(7-4-8-18-3)10-14-5-6-15(16)9-14/h13-15,17H,4-12H2,1-3H3. The van der Waals surface area contributed by atoms with Crippen molar-refractivity contribution in [3.63, 3.8) is 0 Å². The smallest absolute Gasteiger partial charge is 0.0462 e. The number of nitrogens with one attached hydrogen (secondary N) is 1. The second kappa shape index (κ2) is 6.38. The minimum Gasteiger partial charge on any atom is -0.385 e. The molecule has 3 unspecified atom stereocenters. The van der Waals surface area contributed by atoms with Crippen molar-refractivity contribution in [2.24, 2.45) is 23.2 Å². The van der Waals surface area contributed by atoms with E-state index in [9.17, 15) is 0 Å². The SMILES string of the molecule is COCCCC1(CNCC(C)C)CC2CCC1C2. The predicted octanol–water partition coefficient (Wildman–Crippen LogP) is 3.47. The molecule has 2 rings (SSSR count). The number of ether oxygens (including phenoxy) is 1. The van der Waals surface area contributed by atoms with Crippen molar-refractivity contribution in [1.29, 1.82) is 0 Å². The molecular weight excluding hydrogens is 222 g/mol. The summed E-state index contributed by atoms with van der Waals surface area (Å²) in [5, 5.41) is 3.74. The molecule has 2 heteroatoms. The molecule has 2 aliphatic rings. The molecule has 0 amide bonds. The van der Waals surface area contributed by atoms with Gasteiger partial charge in [0, 0.05) is 20.3 Å². The molecular formula is C16H31NO. The van der Waals surface area contributed by atoms with Crippen LogP contribution in [0.15, 0.2) is 0 Å². The molecule has 0 aromatic heterocycles. The van der Waals surface area contributed by atoms with Gasteiger partial charge in [-0.1, -0.05) is 20.3 Å². The molecule has 0 aromatic rings. The van der Waals surface area contributed by atoms with Crippen molar-refractivity contribution in [3.8, 4) is 0 Å². The van der Waals surface area contributed by atoms with Crippen molar-refractivity contribution in [1.82, 2.24) is 5.32 Å². The summed E-state index contributed by atoms with van der Waals surface area (Å²) >= 11 is 0. The van der Waals surface area contributed by atoms with Crippen LogP contribution in [0, 0.1) is 23.2 Å². The van der Waals surface area contributed by atoms with Gasteiger partial charge in [-0.05, 0) is 61.8 Å². The van der Waals surface area contributed by atoms with E-state index in [1.165, 1.54) is 51.6 Å². The number of hydrogen-bond donors (Lipinski definition) is 1. The van der Waals surface area contributed by atoms with E-state index >= 15 is 0 Å². The zero-order chi connectivity index (χ0) is 13.0. The van der Waals surface area contributed by atoms with Gasteiger partial charge < -0.3 is 10.1 Å². The Balaban J connectivity index is 1.86. The molecule has 0 heterocycles. The molecule has 2 nitrogen and oxygen atoms in total. The lowest BCUT2D eigenvalue weighted by atomic mass is 9.70. The highest BCUT2D eigenvalue weighted by atomic mass is 16.5. The molecule has 0 aliphatic heterocycles. The minimum absolute atomic E-state index is 0.607. The summed E-state index contributed by atoms with van der Waals surface area (Å²) in [5.41, 5.74) is 0.607. The quantitative estimate of drug-likeness (QED) is 0.669. The molecule has 2 aliphatic carbocycles. The second-order valence-electron chi connectivity index (χ2n) is 7.06. The minimum atomic E-state index is 0.607. The molecule has 0 aromatic carbocycles. The molecule has 2 saturated carbocycles. The van der Waals surface area contributed by atoms with Gasteiger partial charge in [-0.2, -0.15) is 0 Å². The number of rotatable bonds is 8. The van der Waals surface area contributed by atoms with Crippen LogP contribution in [-0.2, 0) is 4.74 Å². The van der Waals surface area contributed by atoms with E-state index in [1.807, 2.05) is 7.11 Å². The fourth-order valence-electron chi connectivity index (χ4n) is 4.35. The average molecular weight is 253 g/mol. The van der Waals surface area contributed by atoms with Gasteiger partial charge in [0.2, 0.25) is 0 Å². The fourth-order valence-corrected chi connectivity index (χ4v) is 4.35. The Labute approximate surface area is 113 Å². The highest BCUT2D eigenvalue weighted by molar-refractivity contribution is 5.01. The molecule has 18 heavy (non-hydrogen) atoms. The van der Waals surface area contributed by atoms with Crippen molar-refractivity contribution in [3.05, 3.63) is 0 Å². The second-order valence-corrected chi connectivity index (χ2v) is 7.06. The van der Waals surface area contributed by atoms with Crippen LogP contribution in [0.5, 0.6) is 0 Å². The summed E-state index contributed by atoms with van der Waals surface area (Å²) < 4.78 is 5.25. The molecule has 0 spiro atoms. The Bertz CT molecular complexity index is 253. The topological polar surface area (TPSA) is 21.3 Å². The van der Waals surface area contributed by atoms with E-state index in [2.05, 4.69) is 19.2 Å². The molecule has 0 saturated heterocycles. The first-order valence-electron chi connectivity index (χ1n) is 7.86. The fraction of sp³-hybridized carbons (Fsp3) is 1.00. The van der Waals surface area contributed by atoms with E-state index in [4.69, 9.17) is 4.74 Å². The Morgan fingerprint density at radius 3 is 2.72 bits per heavy atom. The van der Waals surface area contributed by atoms with Gasteiger partial charge in [0.05, 0.1) is 0 Å². The Morgan fingerprint density at radius 2 is 2.17 bits per heavy atom. The molecule has 106 valence electrons. The summed E-state index contributed by atoms with van der Waals surface area (Å²) in [6.45, 7) is 7.94. The van der Waals surface area contributed by atoms with Gasteiger partial charge in [-0.15, -0.1) is 0 Å². The van der Waals surface area contributed by atoms with Gasteiger partial charge in [0.25, 0.3) is 0 Å². The first-order chi connectivity index (χ1) is 8.66. The third kappa shape index (κ3) is 3.27. The van der Waals surface area contributed by atoms with E-state index in [1.54, 1.807) is 0 Å². The van der Waals surface area contributed by atoms with Gasteiger partial charge >= 0.3 is 0 Å². The van der Waals surface area contributed by atoms with E-state index in [-0.39, 0.29) is 0 Å². The molecule has 2 bridgehead atoms. The lowest BCUT2D eigenvalue weighted by Gasteiger charge is -2.38. The average Bonchev–Trinajstić information content (AvgIpc) is 2.89. The molecule has 0 radical (unpaired) electrons. The van der Waals surface area contributed by atoms with Crippen molar-refractivity contribution >= 4 is 0 Å². The van der Waals surface area contributed by atoms with E-state index in [0.717, 1.165) is 24.4 Å². The van der Waals surface area contributed by atoms with Crippen LogP contribution < -0.4 is 5.32 Å². The normalized spacial score (nSPS) is 34.7. The largest absolute Gasteiger partial charge is 0.385 e. The van der Waals surface area contributed by atoms with Crippen molar-refractivity contribution < 1.29 is 4.74 Å². The summed E-state index contributed by atoms with van der Waals surface area (Å²) in [4.78, 5) is 0. The van der Waals surface area contributed by atoms with Crippen LogP contribution >= 0.6 is 0 Å². The highest BCUT2D eigenvalue weighted by Crippen LogP contribution is 2.57. The third-order valence-electron chi connectivity index (χ3n) is 5.16. The number of fused-ring (bicyclic) bond motifs is 2. The maximum atomic E-state index is 5.25. The van der Waals surface area contributed by atoms with Gasteiger partial charge in [-0.25, -0.2) is 0 Å². The Kier molecular flexibility index (Phi) is 5.08. The molecule has 1 N–H and O–H groups in total. The van der Waals surface area contributed by atoms with Crippen molar-refractivity contribution in [2.75, 3.05) is 26.8 Å². The zero-order valence-electron chi connectivity index (χ0n) is 12.5. The van der Waals surface area contributed by atoms with E-state index in [0.29, 0.717) is 5.41 Å². The zero-order valence-corrected chi connectivity index (χ0v) is 12.5. The maximum absolute atomic E-state index is 5.25. The Hall–Kier alpha value is -0.0800. The Morgan fingerprint density at radius 1 is 1.33 bits per heavy atom. The highest BCUT2D eigenvalue weighted by Gasteiger charge is 2.49. The first kappa shape index (κ1) is 14.3. The summed E-state index contributed by atoms with van der Waals surface area (Å²) in [7, 11) is 1.82. The first-order valence-corrected chi connectivity index (χ1v) is 7.86. The van der Waals surface area contributed by atoms with Gasteiger partial charge in [-0.3, -0.25) is 0 Å². The number of methoxy groups -OCH3 is 1. The lowest BCUT2D eigenvalue weighted by Crippen LogP contribution is -2.40. The van der Waals surface area contributed by atoms with Gasteiger partial charge in [0.15, 0.2) is 0 Å². The third-order valence-corrected chi connectivity index (χ3v) is 5.16. The summed E-state index contributed by atoms with van der Waals surface area (Å²) in [6, 6.07) is 0. The lowest BCUT2D eigenvalue weighted by molar-refractivity contribution is 0.114. The van der Waals surface area contributed by atoms with E-state index < -0.39 is 0 Å². The maximum Gasteiger partial charge on any atom is 0.0462 e. The number of hydrogen-bond acceptors (Lipinski definition) is 2. The molecule has 3 atom stereocenters. The van der Waals surface area contributed by atoms with Crippen LogP contribution in [0.3, 0.4) is 0 Å². The van der Waals surface area contributed by atoms with Gasteiger partial charge in [0.1, 0.15) is 0 Å². The van der Waals surface area contributed by atoms with Crippen LogP contribution in [-0.4, -0.2) is 26.8 Å². The monoisotopic (exact) mass is 253 g/mol. The van der Waals surface area contributed by atoms with Crippen LogP contribution in [0.2, 0.25) is 0 Å². The summed E-state index contributed by atoms with van der Waals surface area (Å²) in [6.07, 6.45) is 8.58. The van der Waals surface area contributed by atoms with Crippen molar-refractivity contribution in [2.45, 2.75) is 52.4 Å². The predicted molar refractivity (Wildman–Crippen MR) is 76.7 cm³/mol. The van der Waals surface area contributed by atoms with Crippen LogP contribution in [0.1, 0.15) is 52.4 Å². The molecule has 2 fully saturated rings. The van der Waals surface area contributed by atoms with Crippen LogP contribution in [0.4, 0.5) is 0 Å². The summed E-state index contributed by atoms with van der Waals surface area (Å²) in [5.74, 6) is 2.80. The van der Waals surface area contributed by atoms with Crippen LogP contribution in [0.25, 0.3) is 0 Å².